The van der Waals surface area contributed by atoms with E-state index < -0.39 is 0 Å². The molecule has 0 atom stereocenters. The van der Waals surface area contributed by atoms with Crippen molar-refractivity contribution in [1.82, 2.24) is 0 Å². The maximum atomic E-state index is 11.3. The Morgan fingerprint density at radius 2 is 2.22 bits per heavy atom. The minimum absolute atomic E-state index is 0.0468. The second-order valence-corrected chi connectivity index (χ2v) is 4.07. The summed E-state index contributed by atoms with van der Waals surface area (Å²) in [6, 6.07) is 5.40. The highest BCUT2D eigenvalue weighted by Crippen LogP contribution is 2.21. The van der Waals surface area contributed by atoms with Gasteiger partial charge in [0.25, 0.3) is 0 Å². The van der Waals surface area contributed by atoms with E-state index in [1.165, 1.54) is 0 Å². The molecule has 1 aromatic carbocycles. The van der Waals surface area contributed by atoms with Crippen molar-refractivity contribution in [3.05, 3.63) is 42.0 Å². The molecule has 98 valence electrons. The van der Waals surface area contributed by atoms with Crippen LogP contribution in [0.25, 0.3) is 0 Å². The second-order valence-electron chi connectivity index (χ2n) is 4.07. The Bertz CT molecular complexity index is 410. The van der Waals surface area contributed by atoms with Crippen LogP contribution in [-0.4, -0.2) is 19.5 Å². The van der Waals surface area contributed by atoms with E-state index in [0.29, 0.717) is 18.8 Å². The summed E-state index contributed by atoms with van der Waals surface area (Å²) in [7, 11) is 1.62. The zero-order valence-corrected chi connectivity index (χ0v) is 11.1. The summed E-state index contributed by atoms with van der Waals surface area (Å²) >= 11 is 0. The average molecular weight is 248 g/mol. The Hall–Kier alpha value is -1.61. The fourth-order valence-electron chi connectivity index (χ4n) is 1.62. The maximum Gasteiger partial charge on any atom is 0.159 e. The molecule has 0 unspecified atom stereocenters. The summed E-state index contributed by atoms with van der Waals surface area (Å²) < 4.78 is 10.8. The molecule has 1 rings (SSSR count). The van der Waals surface area contributed by atoms with E-state index in [2.05, 4.69) is 6.58 Å². The fourth-order valence-corrected chi connectivity index (χ4v) is 1.62. The number of ketones is 1. The lowest BCUT2D eigenvalue weighted by molar-refractivity contribution is 0.101. The zero-order chi connectivity index (χ0) is 13.4. The third-order valence-corrected chi connectivity index (χ3v) is 2.64. The lowest BCUT2D eigenvalue weighted by Gasteiger charge is -2.10. The number of hydrogen-bond donors (Lipinski definition) is 0. The normalized spacial score (nSPS) is 10.1. The summed E-state index contributed by atoms with van der Waals surface area (Å²) in [4.78, 5) is 11.3. The van der Waals surface area contributed by atoms with Gasteiger partial charge in [-0.1, -0.05) is 6.08 Å². The Kier molecular flexibility index (Phi) is 6.15. The third-order valence-electron chi connectivity index (χ3n) is 2.64. The lowest BCUT2D eigenvalue weighted by Crippen LogP contribution is -2.01. The molecule has 0 heterocycles. The van der Waals surface area contributed by atoms with Crippen LogP contribution >= 0.6 is 0 Å². The molecule has 0 amide bonds. The summed E-state index contributed by atoms with van der Waals surface area (Å²) in [5, 5.41) is 0. The predicted molar refractivity (Wildman–Crippen MR) is 72.1 cm³/mol. The first-order chi connectivity index (χ1) is 8.69. The molecule has 0 saturated carbocycles. The van der Waals surface area contributed by atoms with Gasteiger partial charge in [-0.25, -0.2) is 0 Å². The van der Waals surface area contributed by atoms with Crippen molar-refractivity contribution in [2.75, 3.05) is 13.7 Å². The van der Waals surface area contributed by atoms with E-state index in [1.807, 2.05) is 12.1 Å². The molecule has 0 saturated heterocycles. The molecule has 0 N–H and O–H groups in total. The molecule has 0 radical (unpaired) electrons. The molecule has 18 heavy (non-hydrogen) atoms. The smallest absolute Gasteiger partial charge is 0.159 e. The van der Waals surface area contributed by atoms with Crippen LogP contribution in [0.2, 0.25) is 0 Å². The minimum Gasteiger partial charge on any atom is -0.496 e. The SMILES string of the molecule is C=CCCCOCc1cc(C(C)=O)ccc1OC. The van der Waals surface area contributed by atoms with Gasteiger partial charge in [0.15, 0.2) is 5.78 Å². The predicted octanol–water partition coefficient (Wildman–Crippen LogP) is 3.38. The van der Waals surface area contributed by atoms with Gasteiger partial charge in [0.05, 0.1) is 13.7 Å². The first-order valence-corrected chi connectivity index (χ1v) is 6.05. The van der Waals surface area contributed by atoms with E-state index in [1.54, 1.807) is 26.2 Å². The van der Waals surface area contributed by atoms with Crippen LogP contribution in [0.4, 0.5) is 0 Å². The van der Waals surface area contributed by atoms with E-state index in [-0.39, 0.29) is 5.78 Å². The third kappa shape index (κ3) is 4.34. The second kappa shape index (κ2) is 7.67. The van der Waals surface area contributed by atoms with Gasteiger partial charge in [0.1, 0.15) is 5.75 Å². The average Bonchev–Trinajstić information content (AvgIpc) is 2.38. The molecule has 0 spiro atoms. The van der Waals surface area contributed by atoms with E-state index in [0.717, 1.165) is 24.2 Å². The van der Waals surface area contributed by atoms with Crippen molar-refractivity contribution >= 4 is 5.78 Å². The number of methoxy groups -OCH3 is 1. The van der Waals surface area contributed by atoms with Gasteiger partial charge in [0, 0.05) is 17.7 Å². The molecule has 0 aromatic heterocycles. The van der Waals surface area contributed by atoms with Crippen LogP contribution in [0.1, 0.15) is 35.7 Å². The van der Waals surface area contributed by atoms with Crippen molar-refractivity contribution in [3.63, 3.8) is 0 Å². The van der Waals surface area contributed by atoms with Gasteiger partial charge in [-0.3, -0.25) is 4.79 Å². The Morgan fingerprint density at radius 3 is 2.83 bits per heavy atom. The number of benzene rings is 1. The topological polar surface area (TPSA) is 35.5 Å². The summed E-state index contributed by atoms with van der Waals surface area (Å²) in [5.74, 6) is 0.800. The Balaban J connectivity index is 2.63. The van der Waals surface area contributed by atoms with Crippen LogP contribution in [-0.2, 0) is 11.3 Å². The van der Waals surface area contributed by atoms with Gasteiger partial charge in [-0.15, -0.1) is 6.58 Å². The quantitative estimate of drug-likeness (QED) is 0.402. The summed E-state index contributed by atoms with van der Waals surface area (Å²) in [6.45, 7) is 6.35. The molecule has 0 aliphatic heterocycles. The Labute approximate surface area is 108 Å². The number of carbonyl (C=O) groups is 1. The number of allylic oxidation sites excluding steroid dienone is 1. The van der Waals surface area contributed by atoms with Crippen LogP contribution in [0.5, 0.6) is 5.75 Å². The first kappa shape index (κ1) is 14.5. The number of Topliss-reactive ketones (excluding diaryl/α,β-unsaturated/α-hetero) is 1. The highest BCUT2D eigenvalue weighted by atomic mass is 16.5. The van der Waals surface area contributed by atoms with Gasteiger partial charge in [0.2, 0.25) is 0 Å². The molecule has 3 heteroatoms. The monoisotopic (exact) mass is 248 g/mol. The van der Waals surface area contributed by atoms with Crippen LogP contribution < -0.4 is 4.74 Å². The standard InChI is InChI=1S/C15H20O3/c1-4-5-6-9-18-11-14-10-13(12(2)16)7-8-15(14)17-3/h4,7-8,10H,1,5-6,9,11H2,2-3H3. The highest BCUT2D eigenvalue weighted by molar-refractivity contribution is 5.94. The van der Waals surface area contributed by atoms with Crippen molar-refractivity contribution in [1.29, 1.82) is 0 Å². The zero-order valence-electron chi connectivity index (χ0n) is 11.1. The lowest BCUT2D eigenvalue weighted by atomic mass is 10.1. The minimum atomic E-state index is 0.0468. The molecule has 0 fully saturated rings. The Morgan fingerprint density at radius 1 is 1.44 bits per heavy atom. The summed E-state index contributed by atoms with van der Waals surface area (Å²) in [5.41, 5.74) is 1.59. The molecule has 3 nitrogen and oxygen atoms in total. The number of carbonyl (C=O) groups excluding carboxylic acids is 1. The van der Waals surface area contributed by atoms with Crippen LogP contribution in [0.3, 0.4) is 0 Å². The molecule has 1 aromatic rings. The molecule has 0 aliphatic carbocycles. The van der Waals surface area contributed by atoms with Crippen molar-refractivity contribution in [3.8, 4) is 5.75 Å². The van der Waals surface area contributed by atoms with Crippen LogP contribution in [0, 0.1) is 0 Å². The molecular weight excluding hydrogens is 228 g/mol. The molecule has 0 aliphatic rings. The fraction of sp³-hybridized carbons (Fsp3) is 0.400. The van der Waals surface area contributed by atoms with Crippen LogP contribution in [0.15, 0.2) is 30.9 Å². The largest absolute Gasteiger partial charge is 0.496 e. The van der Waals surface area contributed by atoms with Gasteiger partial charge < -0.3 is 9.47 Å². The maximum absolute atomic E-state index is 11.3. The van der Waals surface area contributed by atoms with Gasteiger partial charge in [-0.2, -0.15) is 0 Å². The van der Waals surface area contributed by atoms with Gasteiger partial charge in [-0.05, 0) is 38.0 Å². The first-order valence-electron chi connectivity index (χ1n) is 6.05. The van der Waals surface area contributed by atoms with Crippen molar-refractivity contribution in [2.24, 2.45) is 0 Å². The molecule has 0 bridgehead atoms. The van der Waals surface area contributed by atoms with E-state index in [4.69, 9.17) is 9.47 Å². The van der Waals surface area contributed by atoms with E-state index >= 15 is 0 Å². The number of ether oxygens (including phenoxy) is 2. The molecular formula is C15H20O3. The van der Waals surface area contributed by atoms with Gasteiger partial charge >= 0.3 is 0 Å². The summed E-state index contributed by atoms with van der Waals surface area (Å²) in [6.07, 6.45) is 3.78. The number of unbranched alkanes of at least 4 members (excludes halogenated alkanes) is 1. The van der Waals surface area contributed by atoms with Crippen molar-refractivity contribution in [2.45, 2.75) is 26.4 Å². The number of rotatable bonds is 8. The number of hydrogen-bond acceptors (Lipinski definition) is 3. The highest BCUT2D eigenvalue weighted by Gasteiger charge is 2.07. The van der Waals surface area contributed by atoms with Crippen molar-refractivity contribution < 1.29 is 14.3 Å². The van der Waals surface area contributed by atoms with E-state index in [9.17, 15) is 4.79 Å².